The molecule has 0 aliphatic heterocycles. The maximum atomic E-state index is 12.8. The van der Waals surface area contributed by atoms with Crippen LogP contribution in [0.4, 0.5) is 0 Å². The lowest BCUT2D eigenvalue weighted by atomic mass is 10.1. The van der Waals surface area contributed by atoms with Gasteiger partial charge in [0.1, 0.15) is 12.0 Å². The van der Waals surface area contributed by atoms with Crippen LogP contribution in [0.1, 0.15) is 25.9 Å². The second-order valence-corrected chi connectivity index (χ2v) is 7.16. The van der Waals surface area contributed by atoms with Crippen LogP contribution in [0, 0.1) is 0 Å². The second kappa shape index (κ2) is 7.61. The third-order valence-electron chi connectivity index (χ3n) is 4.27. The lowest BCUT2D eigenvalue weighted by Crippen LogP contribution is -2.27. The summed E-state index contributed by atoms with van der Waals surface area (Å²) in [5.41, 5.74) is 7.45. The summed E-state index contributed by atoms with van der Waals surface area (Å²) in [6.45, 7) is 0.501. The van der Waals surface area contributed by atoms with Gasteiger partial charge in [-0.2, -0.15) is 0 Å². The van der Waals surface area contributed by atoms with Gasteiger partial charge in [0.15, 0.2) is 11.3 Å². The molecule has 4 rings (SSSR count). The molecule has 0 spiro atoms. The molecule has 3 N–H and O–H groups in total. The molecule has 4 aromatic rings. The zero-order valence-corrected chi connectivity index (χ0v) is 15.6. The number of thiophene rings is 1. The van der Waals surface area contributed by atoms with Crippen molar-refractivity contribution in [2.45, 2.75) is 6.42 Å². The topological polar surface area (TPSA) is 102 Å². The summed E-state index contributed by atoms with van der Waals surface area (Å²) in [5.74, 6) is -0.959. The van der Waals surface area contributed by atoms with Gasteiger partial charge in [0.2, 0.25) is 0 Å². The molecule has 140 valence electrons. The lowest BCUT2D eigenvalue weighted by Gasteiger charge is -2.10. The van der Waals surface area contributed by atoms with Gasteiger partial charge in [0, 0.05) is 17.0 Å². The van der Waals surface area contributed by atoms with E-state index in [0.717, 1.165) is 12.0 Å². The third-order valence-corrected chi connectivity index (χ3v) is 5.21. The molecule has 0 fully saturated rings. The molecule has 0 unspecified atom stereocenters. The normalized spacial score (nSPS) is 10.9. The van der Waals surface area contributed by atoms with Crippen molar-refractivity contribution in [3.63, 3.8) is 0 Å². The van der Waals surface area contributed by atoms with Gasteiger partial charge in [-0.15, -0.1) is 11.3 Å². The molecule has 0 saturated heterocycles. The van der Waals surface area contributed by atoms with E-state index in [1.54, 1.807) is 17.4 Å². The average Bonchev–Trinajstić information content (AvgIpc) is 3.37. The number of imidazole rings is 1. The first kappa shape index (κ1) is 17.9. The summed E-state index contributed by atoms with van der Waals surface area (Å²) in [7, 11) is 0. The van der Waals surface area contributed by atoms with Gasteiger partial charge < -0.3 is 11.1 Å². The smallest absolute Gasteiger partial charge is 0.271 e. The van der Waals surface area contributed by atoms with Gasteiger partial charge in [-0.25, -0.2) is 9.97 Å². The van der Waals surface area contributed by atoms with Gasteiger partial charge in [0.05, 0.1) is 5.69 Å². The van der Waals surface area contributed by atoms with Crippen molar-refractivity contribution in [1.29, 1.82) is 0 Å². The Balaban J connectivity index is 1.71. The van der Waals surface area contributed by atoms with Crippen LogP contribution in [0.15, 0.2) is 60.2 Å². The number of amides is 2. The first-order valence-corrected chi connectivity index (χ1v) is 9.55. The Kier molecular flexibility index (Phi) is 4.86. The largest absolute Gasteiger partial charge is 0.364 e. The molecule has 2 amide bonds. The number of nitrogens with one attached hydrogen (secondary N) is 1. The number of benzene rings is 1. The number of hydrogen-bond acceptors (Lipinski definition) is 5. The van der Waals surface area contributed by atoms with Crippen molar-refractivity contribution in [3.05, 3.63) is 76.5 Å². The zero-order chi connectivity index (χ0) is 19.5. The van der Waals surface area contributed by atoms with E-state index in [0.29, 0.717) is 17.9 Å². The maximum absolute atomic E-state index is 12.8. The molecule has 3 heterocycles. The number of carbonyl (C=O) groups excluding carboxylic acids is 2. The molecule has 3 aromatic heterocycles. The molecule has 1 aromatic carbocycles. The van der Waals surface area contributed by atoms with Crippen LogP contribution < -0.4 is 11.1 Å². The van der Waals surface area contributed by atoms with Crippen molar-refractivity contribution in [1.82, 2.24) is 19.7 Å². The number of carbonyl (C=O) groups is 2. The van der Waals surface area contributed by atoms with Gasteiger partial charge >= 0.3 is 0 Å². The standard InChI is InChI=1S/C20H17N5O2S/c21-18(26)17-19-24-15(13-5-2-1-3-6-13)11-16(25(19)12-23-17)20(27)22-9-8-14-7-4-10-28-14/h1-7,10-12H,8-9H2,(H2,21,26)(H,22,27). The fraction of sp³-hybridized carbons (Fsp3) is 0.100. The lowest BCUT2D eigenvalue weighted by molar-refractivity contribution is 0.0946. The summed E-state index contributed by atoms with van der Waals surface area (Å²) in [6.07, 6.45) is 2.14. The zero-order valence-electron chi connectivity index (χ0n) is 14.8. The highest BCUT2D eigenvalue weighted by Gasteiger charge is 2.19. The predicted molar refractivity (Wildman–Crippen MR) is 107 cm³/mol. The Bertz CT molecular complexity index is 1140. The van der Waals surface area contributed by atoms with Crippen LogP contribution in [-0.2, 0) is 6.42 Å². The van der Waals surface area contributed by atoms with Gasteiger partial charge in [-0.3, -0.25) is 14.0 Å². The Labute approximate surface area is 164 Å². The number of hydrogen-bond donors (Lipinski definition) is 2. The Morgan fingerprint density at radius 3 is 2.68 bits per heavy atom. The molecule has 8 heteroatoms. The number of rotatable bonds is 6. The summed E-state index contributed by atoms with van der Waals surface area (Å²) >= 11 is 1.65. The van der Waals surface area contributed by atoms with E-state index in [9.17, 15) is 9.59 Å². The number of nitrogens with zero attached hydrogens (tertiary/aromatic N) is 3. The summed E-state index contributed by atoms with van der Waals surface area (Å²) in [5, 5.41) is 4.93. The summed E-state index contributed by atoms with van der Waals surface area (Å²) in [6, 6.07) is 15.1. The van der Waals surface area contributed by atoms with Gasteiger partial charge in [-0.05, 0) is 23.9 Å². The molecular formula is C20H17N5O2S. The Morgan fingerprint density at radius 1 is 1.14 bits per heavy atom. The fourth-order valence-electron chi connectivity index (χ4n) is 2.92. The minimum atomic E-state index is -0.690. The van der Waals surface area contributed by atoms with E-state index in [1.807, 2.05) is 47.8 Å². The van der Waals surface area contributed by atoms with Crippen molar-refractivity contribution >= 4 is 28.8 Å². The van der Waals surface area contributed by atoms with E-state index in [-0.39, 0.29) is 17.2 Å². The second-order valence-electron chi connectivity index (χ2n) is 6.13. The molecule has 0 atom stereocenters. The van der Waals surface area contributed by atoms with E-state index >= 15 is 0 Å². The molecule has 28 heavy (non-hydrogen) atoms. The summed E-state index contributed by atoms with van der Waals surface area (Å²) < 4.78 is 1.49. The van der Waals surface area contributed by atoms with Crippen LogP contribution in [0.2, 0.25) is 0 Å². The molecule has 0 saturated carbocycles. The van der Waals surface area contributed by atoms with Crippen LogP contribution in [0.3, 0.4) is 0 Å². The first-order valence-electron chi connectivity index (χ1n) is 8.67. The van der Waals surface area contributed by atoms with Gasteiger partial charge in [0.25, 0.3) is 11.8 Å². The van der Waals surface area contributed by atoms with Gasteiger partial charge in [-0.1, -0.05) is 36.4 Å². The quantitative estimate of drug-likeness (QED) is 0.527. The minimum Gasteiger partial charge on any atom is -0.364 e. The van der Waals surface area contributed by atoms with Crippen LogP contribution in [0.25, 0.3) is 16.9 Å². The van der Waals surface area contributed by atoms with Crippen molar-refractivity contribution in [2.24, 2.45) is 5.73 Å². The first-order chi connectivity index (χ1) is 13.6. The van der Waals surface area contributed by atoms with Crippen LogP contribution >= 0.6 is 11.3 Å². The Morgan fingerprint density at radius 2 is 1.96 bits per heavy atom. The molecule has 7 nitrogen and oxygen atoms in total. The van der Waals surface area contributed by atoms with E-state index in [1.165, 1.54) is 15.6 Å². The Hall–Kier alpha value is -3.52. The SMILES string of the molecule is NC(=O)c1ncn2c(C(=O)NCCc3cccs3)cc(-c3ccccc3)nc12. The highest BCUT2D eigenvalue weighted by Crippen LogP contribution is 2.21. The number of primary amides is 1. The van der Waals surface area contributed by atoms with E-state index in [4.69, 9.17) is 5.73 Å². The maximum Gasteiger partial charge on any atom is 0.271 e. The minimum absolute atomic E-state index is 0.0328. The molecule has 0 radical (unpaired) electrons. The highest BCUT2D eigenvalue weighted by atomic mass is 32.1. The van der Waals surface area contributed by atoms with Crippen LogP contribution in [0.5, 0.6) is 0 Å². The number of aromatic nitrogens is 3. The number of nitrogens with two attached hydrogens (primary N) is 1. The predicted octanol–water partition coefficient (Wildman–Crippen LogP) is 2.53. The highest BCUT2D eigenvalue weighted by molar-refractivity contribution is 7.09. The fourth-order valence-corrected chi connectivity index (χ4v) is 3.63. The third kappa shape index (κ3) is 3.49. The van der Waals surface area contributed by atoms with Crippen molar-refractivity contribution < 1.29 is 9.59 Å². The average molecular weight is 391 g/mol. The van der Waals surface area contributed by atoms with E-state index < -0.39 is 5.91 Å². The summed E-state index contributed by atoms with van der Waals surface area (Å²) in [4.78, 5) is 34.3. The van der Waals surface area contributed by atoms with Crippen LogP contribution in [-0.4, -0.2) is 32.7 Å². The molecule has 0 aliphatic carbocycles. The van der Waals surface area contributed by atoms with E-state index in [2.05, 4.69) is 15.3 Å². The molecule has 0 aliphatic rings. The number of fused-ring (bicyclic) bond motifs is 1. The molecular weight excluding hydrogens is 374 g/mol. The van der Waals surface area contributed by atoms with Crippen molar-refractivity contribution in [3.8, 4) is 11.3 Å². The molecule has 0 bridgehead atoms. The monoisotopic (exact) mass is 391 g/mol. The van der Waals surface area contributed by atoms with Crippen molar-refractivity contribution in [2.75, 3.05) is 6.54 Å².